The van der Waals surface area contributed by atoms with E-state index in [4.69, 9.17) is 9.47 Å². The molecule has 0 bridgehead atoms. The van der Waals surface area contributed by atoms with Crippen molar-refractivity contribution in [3.05, 3.63) is 12.2 Å². The van der Waals surface area contributed by atoms with Crippen LogP contribution in [0.2, 0.25) is 0 Å². The zero-order valence-corrected chi connectivity index (χ0v) is 9.94. The summed E-state index contributed by atoms with van der Waals surface area (Å²) in [4.78, 5) is 11.2. The monoisotopic (exact) mass is 228 g/mol. The Balaban J connectivity index is 2.33. The summed E-state index contributed by atoms with van der Waals surface area (Å²) in [6, 6.07) is 0. The topological polar surface area (TPSA) is 55.8 Å². The van der Waals surface area contributed by atoms with E-state index in [0.717, 1.165) is 12.8 Å². The first-order chi connectivity index (χ1) is 7.54. The van der Waals surface area contributed by atoms with Crippen molar-refractivity contribution >= 4 is 5.97 Å². The van der Waals surface area contributed by atoms with E-state index < -0.39 is 6.10 Å². The molecule has 0 saturated heterocycles. The zero-order valence-electron chi connectivity index (χ0n) is 9.94. The van der Waals surface area contributed by atoms with Crippen LogP contribution in [0.25, 0.3) is 0 Å². The molecule has 1 N–H and O–H groups in total. The minimum atomic E-state index is -0.391. The molecular formula is C12H20O4. The van der Waals surface area contributed by atoms with Gasteiger partial charge in [0.25, 0.3) is 0 Å². The summed E-state index contributed by atoms with van der Waals surface area (Å²) in [5.74, 6) is -0.0725. The van der Waals surface area contributed by atoms with Gasteiger partial charge in [0.2, 0.25) is 0 Å². The van der Waals surface area contributed by atoms with Gasteiger partial charge < -0.3 is 14.6 Å². The summed E-state index contributed by atoms with van der Waals surface area (Å²) < 4.78 is 10.3. The number of aliphatic hydroxyl groups is 1. The highest BCUT2D eigenvalue weighted by Gasteiger charge is 2.29. The van der Waals surface area contributed by atoms with Crippen LogP contribution >= 0.6 is 0 Å². The van der Waals surface area contributed by atoms with Crippen molar-refractivity contribution in [3.63, 3.8) is 0 Å². The number of ether oxygens (including phenoxy) is 2. The average molecular weight is 228 g/mol. The lowest BCUT2D eigenvalue weighted by Gasteiger charge is -2.31. The van der Waals surface area contributed by atoms with Crippen molar-refractivity contribution in [3.8, 4) is 0 Å². The largest absolute Gasteiger partial charge is 0.462 e. The van der Waals surface area contributed by atoms with E-state index in [0.29, 0.717) is 18.6 Å². The fraction of sp³-hybridized carbons (Fsp3) is 0.750. The van der Waals surface area contributed by atoms with Gasteiger partial charge in [0, 0.05) is 12.7 Å². The summed E-state index contributed by atoms with van der Waals surface area (Å²) in [6.45, 7) is 5.54. The molecule has 4 nitrogen and oxygen atoms in total. The van der Waals surface area contributed by atoms with E-state index in [2.05, 4.69) is 6.58 Å². The molecule has 0 aliphatic heterocycles. The standard InChI is InChI=1S/C12H20O4/c1-8(2)12(14)16-7-9-4-5-10(13)11(6-9)15-3/h9-11,13H,1,4-7H2,2-3H3. The molecule has 0 aromatic heterocycles. The second-order valence-electron chi connectivity index (χ2n) is 4.40. The van der Waals surface area contributed by atoms with Gasteiger partial charge in [0.05, 0.1) is 18.8 Å². The van der Waals surface area contributed by atoms with Crippen LogP contribution in [0.5, 0.6) is 0 Å². The molecule has 1 aliphatic rings. The first-order valence-corrected chi connectivity index (χ1v) is 5.58. The summed E-state index contributed by atoms with van der Waals surface area (Å²) in [6.07, 6.45) is 1.78. The Morgan fingerprint density at radius 2 is 2.19 bits per heavy atom. The Labute approximate surface area is 96.2 Å². The molecule has 4 heteroatoms. The second-order valence-corrected chi connectivity index (χ2v) is 4.40. The number of hydrogen-bond acceptors (Lipinski definition) is 4. The van der Waals surface area contributed by atoms with Crippen LogP contribution in [0.4, 0.5) is 0 Å². The Bertz CT molecular complexity index is 262. The minimum Gasteiger partial charge on any atom is -0.462 e. The van der Waals surface area contributed by atoms with Crippen LogP contribution < -0.4 is 0 Å². The van der Waals surface area contributed by atoms with Gasteiger partial charge in [0.1, 0.15) is 0 Å². The molecule has 0 radical (unpaired) electrons. The third kappa shape index (κ3) is 3.61. The van der Waals surface area contributed by atoms with Crippen LogP contribution in [-0.4, -0.2) is 37.0 Å². The smallest absolute Gasteiger partial charge is 0.333 e. The minimum absolute atomic E-state index is 0.137. The van der Waals surface area contributed by atoms with Crippen LogP contribution in [0.1, 0.15) is 26.2 Å². The van der Waals surface area contributed by atoms with Crippen LogP contribution in [0, 0.1) is 5.92 Å². The average Bonchev–Trinajstić information content (AvgIpc) is 2.27. The lowest BCUT2D eigenvalue weighted by molar-refractivity contribution is -0.142. The maximum atomic E-state index is 11.2. The molecular weight excluding hydrogens is 208 g/mol. The lowest BCUT2D eigenvalue weighted by Crippen LogP contribution is -2.36. The van der Waals surface area contributed by atoms with Crippen LogP contribution in [-0.2, 0) is 14.3 Å². The highest BCUT2D eigenvalue weighted by molar-refractivity contribution is 5.86. The molecule has 92 valence electrons. The number of aliphatic hydroxyl groups excluding tert-OH is 1. The fourth-order valence-electron chi connectivity index (χ4n) is 1.92. The third-order valence-electron chi connectivity index (χ3n) is 2.97. The van der Waals surface area contributed by atoms with Crippen molar-refractivity contribution in [2.24, 2.45) is 5.92 Å². The van der Waals surface area contributed by atoms with Crippen LogP contribution in [0.15, 0.2) is 12.2 Å². The zero-order chi connectivity index (χ0) is 12.1. The highest BCUT2D eigenvalue weighted by Crippen LogP contribution is 2.26. The number of hydrogen-bond donors (Lipinski definition) is 1. The molecule has 0 spiro atoms. The van der Waals surface area contributed by atoms with Crippen molar-refractivity contribution in [1.29, 1.82) is 0 Å². The van der Waals surface area contributed by atoms with E-state index >= 15 is 0 Å². The number of methoxy groups -OCH3 is 1. The van der Waals surface area contributed by atoms with Gasteiger partial charge in [-0.3, -0.25) is 0 Å². The predicted molar refractivity (Wildman–Crippen MR) is 59.9 cm³/mol. The molecule has 0 heterocycles. The fourth-order valence-corrected chi connectivity index (χ4v) is 1.92. The van der Waals surface area contributed by atoms with E-state index in [1.54, 1.807) is 14.0 Å². The molecule has 0 aromatic carbocycles. The Morgan fingerprint density at radius 3 is 2.75 bits per heavy atom. The molecule has 1 saturated carbocycles. The maximum Gasteiger partial charge on any atom is 0.333 e. The number of carbonyl (C=O) groups excluding carboxylic acids is 1. The van der Waals surface area contributed by atoms with Gasteiger partial charge in [-0.1, -0.05) is 6.58 Å². The molecule has 0 aromatic rings. The first-order valence-electron chi connectivity index (χ1n) is 5.58. The van der Waals surface area contributed by atoms with Gasteiger partial charge in [-0.2, -0.15) is 0 Å². The molecule has 16 heavy (non-hydrogen) atoms. The van der Waals surface area contributed by atoms with Crippen molar-refractivity contribution in [2.75, 3.05) is 13.7 Å². The highest BCUT2D eigenvalue weighted by atomic mass is 16.5. The first kappa shape index (κ1) is 13.2. The SMILES string of the molecule is C=C(C)C(=O)OCC1CCC(O)C(OC)C1. The lowest BCUT2D eigenvalue weighted by atomic mass is 9.86. The van der Waals surface area contributed by atoms with Crippen molar-refractivity contribution in [1.82, 2.24) is 0 Å². The molecule has 1 fully saturated rings. The molecule has 1 rings (SSSR count). The predicted octanol–water partition coefficient (Wildman–Crippen LogP) is 1.28. The van der Waals surface area contributed by atoms with E-state index in [1.165, 1.54) is 0 Å². The van der Waals surface area contributed by atoms with Gasteiger partial charge >= 0.3 is 5.97 Å². The van der Waals surface area contributed by atoms with Gasteiger partial charge in [-0.25, -0.2) is 4.79 Å². The van der Waals surface area contributed by atoms with E-state index in [-0.39, 0.29) is 18.0 Å². The quantitative estimate of drug-likeness (QED) is 0.581. The van der Waals surface area contributed by atoms with Crippen molar-refractivity contribution in [2.45, 2.75) is 38.4 Å². The molecule has 3 atom stereocenters. The Kier molecular flexibility index (Phi) is 4.96. The number of carbonyl (C=O) groups is 1. The van der Waals surface area contributed by atoms with E-state index in [1.807, 2.05) is 0 Å². The summed E-state index contributed by atoms with van der Waals surface area (Å²) in [7, 11) is 1.59. The van der Waals surface area contributed by atoms with Crippen LogP contribution in [0.3, 0.4) is 0 Å². The van der Waals surface area contributed by atoms with Gasteiger partial charge in [-0.15, -0.1) is 0 Å². The molecule has 0 amide bonds. The van der Waals surface area contributed by atoms with Gasteiger partial charge in [0.15, 0.2) is 0 Å². The maximum absolute atomic E-state index is 11.2. The van der Waals surface area contributed by atoms with E-state index in [9.17, 15) is 9.90 Å². The van der Waals surface area contributed by atoms with Gasteiger partial charge in [-0.05, 0) is 32.1 Å². The molecule has 3 unspecified atom stereocenters. The Morgan fingerprint density at radius 1 is 1.50 bits per heavy atom. The summed E-state index contributed by atoms with van der Waals surface area (Å²) >= 11 is 0. The summed E-state index contributed by atoms with van der Waals surface area (Å²) in [5.41, 5.74) is 0.416. The number of rotatable bonds is 4. The third-order valence-corrected chi connectivity index (χ3v) is 2.97. The van der Waals surface area contributed by atoms with Crippen molar-refractivity contribution < 1.29 is 19.4 Å². The number of esters is 1. The Hall–Kier alpha value is -0.870. The second kappa shape index (κ2) is 6.01. The summed E-state index contributed by atoms with van der Waals surface area (Å²) in [5, 5.41) is 9.61. The normalized spacial score (nSPS) is 29.8. The molecule has 1 aliphatic carbocycles.